The first kappa shape index (κ1) is 18.3. The molecule has 1 N–H and O–H groups in total. The van der Waals surface area contributed by atoms with E-state index in [4.69, 9.17) is 4.42 Å². The molecule has 158 valence electrons. The van der Waals surface area contributed by atoms with Crippen molar-refractivity contribution in [2.75, 3.05) is 4.90 Å². The number of rotatable bonds is 1. The van der Waals surface area contributed by atoms with Gasteiger partial charge >= 0.3 is 0 Å². The third-order valence-corrected chi connectivity index (χ3v) is 6.84. The normalized spacial score (nSPS) is 16.1. The molecule has 1 aromatic heterocycles. The number of fused-ring (bicyclic) bond motifs is 7. The van der Waals surface area contributed by atoms with Gasteiger partial charge in [0.05, 0.1) is 29.4 Å². The molecule has 4 aromatic carbocycles. The van der Waals surface area contributed by atoms with Crippen LogP contribution in [-0.4, -0.2) is 6.04 Å². The standard InChI is InChI=1S/C30H22N2O/c1-19-30(22-9-3-2-8-21(22)18-31-19)32-27-12-6-4-10-23(27)25-16-20-14-15-33-29(20)17-26(25)24-11-5-7-13-28(24)32/h2-19,31H,1H3. The Morgan fingerprint density at radius 2 is 1.39 bits per heavy atom. The fourth-order valence-electron chi connectivity index (χ4n) is 5.33. The van der Waals surface area contributed by atoms with Crippen LogP contribution in [0.2, 0.25) is 0 Å². The van der Waals surface area contributed by atoms with Gasteiger partial charge in [-0.2, -0.15) is 0 Å². The first-order chi connectivity index (χ1) is 16.3. The molecule has 1 unspecified atom stereocenters. The number of nitrogens with one attached hydrogen (secondary N) is 1. The van der Waals surface area contributed by atoms with Gasteiger partial charge in [0.25, 0.3) is 0 Å². The van der Waals surface area contributed by atoms with E-state index in [1.54, 1.807) is 6.26 Å². The summed E-state index contributed by atoms with van der Waals surface area (Å²) in [6.07, 6.45) is 3.90. The van der Waals surface area contributed by atoms with Crippen LogP contribution in [0.25, 0.3) is 45.1 Å². The summed E-state index contributed by atoms with van der Waals surface area (Å²) in [5, 5.41) is 7.18. The van der Waals surface area contributed by atoms with Crippen molar-refractivity contribution < 1.29 is 4.42 Å². The van der Waals surface area contributed by atoms with Crippen molar-refractivity contribution in [2.45, 2.75) is 13.0 Å². The summed E-state index contributed by atoms with van der Waals surface area (Å²) in [5.74, 6) is 0. The average Bonchev–Trinajstić information content (AvgIpc) is 3.29. The monoisotopic (exact) mass is 426 g/mol. The Balaban J connectivity index is 1.66. The second-order valence-corrected chi connectivity index (χ2v) is 8.73. The van der Waals surface area contributed by atoms with Crippen LogP contribution in [-0.2, 0) is 0 Å². The molecule has 2 aliphatic heterocycles. The Morgan fingerprint density at radius 3 is 2.18 bits per heavy atom. The molecule has 0 aliphatic carbocycles. The van der Waals surface area contributed by atoms with Gasteiger partial charge in [-0.3, -0.25) is 0 Å². The molecule has 1 atom stereocenters. The lowest BCUT2D eigenvalue weighted by atomic mass is 9.93. The van der Waals surface area contributed by atoms with Gasteiger partial charge in [-0.15, -0.1) is 0 Å². The second kappa shape index (κ2) is 6.88. The molecule has 0 saturated heterocycles. The van der Waals surface area contributed by atoms with E-state index in [1.807, 2.05) is 6.07 Å². The third kappa shape index (κ3) is 2.63. The highest BCUT2D eigenvalue weighted by atomic mass is 16.3. The van der Waals surface area contributed by atoms with Gasteiger partial charge in [0, 0.05) is 27.9 Å². The Kier molecular flexibility index (Phi) is 3.82. The van der Waals surface area contributed by atoms with E-state index in [2.05, 4.69) is 108 Å². The maximum Gasteiger partial charge on any atom is 0.134 e. The van der Waals surface area contributed by atoms with Crippen molar-refractivity contribution >= 4 is 34.2 Å². The van der Waals surface area contributed by atoms with Crippen LogP contribution in [0.4, 0.5) is 11.4 Å². The highest BCUT2D eigenvalue weighted by Gasteiger charge is 2.30. The number of hydrogen-bond donors (Lipinski definition) is 1. The largest absolute Gasteiger partial charge is 0.464 e. The summed E-state index contributed by atoms with van der Waals surface area (Å²) in [6.45, 7) is 2.23. The third-order valence-electron chi connectivity index (χ3n) is 6.84. The van der Waals surface area contributed by atoms with Gasteiger partial charge in [-0.25, -0.2) is 0 Å². The topological polar surface area (TPSA) is 28.4 Å². The van der Waals surface area contributed by atoms with Crippen LogP contribution in [0.15, 0.2) is 102 Å². The highest BCUT2D eigenvalue weighted by molar-refractivity contribution is 6.06. The van der Waals surface area contributed by atoms with Gasteiger partial charge in [0.1, 0.15) is 5.58 Å². The summed E-state index contributed by atoms with van der Waals surface area (Å²) >= 11 is 0. The van der Waals surface area contributed by atoms with E-state index < -0.39 is 0 Å². The second-order valence-electron chi connectivity index (χ2n) is 8.73. The highest BCUT2D eigenvalue weighted by Crippen LogP contribution is 2.50. The van der Waals surface area contributed by atoms with Crippen molar-refractivity contribution in [2.24, 2.45) is 0 Å². The molecule has 3 heteroatoms. The van der Waals surface area contributed by atoms with Crippen LogP contribution < -0.4 is 20.7 Å². The van der Waals surface area contributed by atoms with Crippen LogP contribution in [0, 0.1) is 0 Å². The summed E-state index contributed by atoms with van der Waals surface area (Å²) in [4.78, 5) is 2.45. The minimum Gasteiger partial charge on any atom is -0.464 e. The fraction of sp³-hybridized carbons (Fsp3) is 0.0667. The number of anilines is 2. The molecule has 33 heavy (non-hydrogen) atoms. The molecule has 0 spiro atoms. The predicted molar refractivity (Wildman–Crippen MR) is 135 cm³/mol. The lowest BCUT2D eigenvalue weighted by molar-refractivity contribution is 0.616. The SMILES string of the molecule is CC1NC=c2ccccc2=C1N1c2ccccc2-c2cc3ccoc3cc2-c2ccccc21. The van der Waals surface area contributed by atoms with Crippen molar-refractivity contribution in [1.29, 1.82) is 0 Å². The molecular weight excluding hydrogens is 404 g/mol. The van der Waals surface area contributed by atoms with Crippen molar-refractivity contribution in [3.05, 3.63) is 108 Å². The molecule has 3 nitrogen and oxygen atoms in total. The Labute approximate surface area is 191 Å². The van der Waals surface area contributed by atoms with E-state index >= 15 is 0 Å². The lowest BCUT2D eigenvalue weighted by Crippen LogP contribution is -2.46. The zero-order valence-electron chi connectivity index (χ0n) is 18.2. The summed E-state index contributed by atoms with van der Waals surface area (Å²) < 4.78 is 5.80. The minimum atomic E-state index is 0.151. The number of para-hydroxylation sites is 2. The van der Waals surface area contributed by atoms with Crippen molar-refractivity contribution in [3.8, 4) is 22.3 Å². The van der Waals surface area contributed by atoms with Crippen LogP contribution in [0.3, 0.4) is 0 Å². The molecule has 5 aromatic rings. The number of hydrogen-bond acceptors (Lipinski definition) is 3. The minimum absolute atomic E-state index is 0.151. The molecule has 0 radical (unpaired) electrons. The van der Waals surface area contributed by atoms with Gasteiger partial charge in [0.15, 0.2) is 0 Å². The van der Waals surface area contributed by atoms with E-state index in [0.29, 0.717) is 0 Å². The number of nitrogens with zero attached hydrogens (tertiary/aromatic N) is 1. The Bertz CT molecular complexity index is 1600. The summed E-state index contributed by atoms with van der Waals surface area (Å²) in [5.41, 5.74) is 9.37. The van der Waals surface area contributed by atoms with Crippen LogP contribution in [0.1, 0.15) is 6.92 Å². The van der Waals surface area contributed by atoms with E-state index in [9.17, 15) is 0 Å². The smallest absolute Gasteiger partial charge is 0.134 e. The summed E-state index contributed by atoms with van der Waals surface area (Å²) in [6, 6.07) is 32.7. The van der Waals surface area contributed by atoms with E-state index in [-0.39, 0.29) is 6.04 Å². The molecule has 7 rings (SSSR count). The van der Waals surface area contributed by atoms with E-state index in [0.717, 1.165) is 11.0 Å². The maximum absolute atomic E-state index is 5.80. The fourth-order valence-corrected chi connectivity index (χ4v) is 5.33. The maximum atomic E-state index is 5.80. The molecule has 0 bridgehead atoms. The molecule has 0 saturated carbocycles. The quantitative estimate of drug-likeness (QED) is 0.370. The Morgan fingerprint density at radius 1 is 0.727 bits per heavy atom. The van der Waals surface area contributed by atoms with Crippen molar-refractivity contribution in [3.63, 3.8) is 0 Å². The zero-order chi connectivity index (χ0) is 21.9. The Hall–Kier alpha value is -4.24. The molecule has 2 aliphatic rings. The van der Waals surface area contributed by atoms with Gasteiger partial charge < -0.3 is 14.6 Å². The van der Waals surface area contributed by atoms with Crippen molar-refractivity contribution in [1.82, 2.24) is 5.32 Å². The average molecular weight is 427 g/mol. The molecule has 0 amide bonds. The number of furan rings is 1. The molecule has 3 heterocycles. The molecule has 0 fully saturated rings. The van der Waals surface area contributed by atoms with Crippen LogP contribution in [0.5, 0.6) is 0 Å². The summed E-state index contributed by atoms with van der Waals surface area (Å²) in [7, 11) is 0. The first-order valence-electron chi connectivity index (χ1n) is 11.4. The van der Waals surface area contributed by atoms with Gasteiger partial charge in [-0.1, -0.05) is 60.7 Å². The lowest BCUT2D eigenvalue weighted by Gasteiger charge is -2.34. The zero-order valence-corrected chi connectivity index (χ0v) is 18.2. The van der Waals surface area contributed by atoms with E-state index in [1.165, 1.54) is 49.8 Å². The predicted octanol–water partition coefficient (Wildman–Crippen LogP) is 5.76. The number of benzene rings is 4. The molecular formula is C30H22N2O. The first-order valence-corrected chi connectivity index (χ1v) is 11.4. The van der Waals surface area contributed by atoms with Crippen LogP contribution >= 0.6 is 0 Å². The van der Waals surface area contributed by atoms with Gasteiger partial charge in [-0.05, 0) is 53.6 Å². The van der Waals surface area contributed by atoms with Gasteiger partial charge in [0.2, 0.25) is 0 Å².